The molecule has 0 fully saturated rings. The number of benzene rings is 1. The van der Waals surface area contributed by atoms with Crippen molar-refractivity contribution in [2.24, 2.45) is 7.05 Å². The van der Waals surface area contributed by atoms with Gasteiger partial charge in [-0.3, -0.25) is 19.7 Å². The zero-order valence-electron chi connectivity index (χ0n) is 19.3. The lowest BCUT2D eigenvalue weighted by Gasteiger charge is -2.22. The summed E-state index contributed by atoms with van der Waals surface area (Å²) in [5, 5.41) is 1.05. The first-order chi connectivity index (χ1) is 16.1. The average molecular weight is 443 g/mol. The summed E-state index contributed by atoms with van der Waals surface area (Å²) in [5.41, 5.74) is 4.40. The molecule has 0 radical (unpaired) electrons. The quantitative estimate of drug-likeness (QED) is 0.345. The molecule has 3 aromatic heterocycles. The van der Waals surface area contributed by atoms with E-state index in [1.807, 2.05) is 56.0 Å². The molecule has 0 unspecified atom stereocenters. The molecular formula is C27H30N4O2. The number of fused-ring (bicyclic) bond motifs is 1. The minimum atomic E-state index is 0.00856. The van der Waals surface area contributed by atoms with Crippen molar-refractivity contribution in [2.45, 2.75) is 26.3 Å². The van der Waals surface area contributed by atoms with E-state index in [1.54, 1.807) is 17.7 Å². The van der Waals surface area contributed by atoms with Gasteiger partial charge in [0.1, 0.15) is 5.75 Å². The van der Waals surface area contributed by atoms with Gasteiger partial charge in [-0.2, -0.15) is 0 Å². The summed E-state index contributed by atoms with van der Waals surface area (Å²) < 4.78 is 7.74. The van der Waals surface area contributed by atoms with Crippen LogP contribution in [0.1, 0.15) is 23.1 Å². The number of ether oxygens (including phenoxy) is 1. The van der Waals surface area contributed by atoms with Crippen LogP contribution in [0.25, 0.3) is 10.9 Å². The summed E-state index contributed by atoms with van der Waals surface area (Å²) in [5.74, 6) is 0.834. The number of hydrogen-bond donors (Lipinski definition) is 0. The Bertz CT molecular complexity index is 1240. The minimum Gasteiger partial charge on any atom is -0.494 e. The number of aryl methyl sites for hydroxylation is 2. The molecule has 1 aromatic carbocycles. The third-order valence-corrected chi connectivity index (χ3v) is 5.91. The summed E-state index contributed by atoms with van der Waals surface area (Å²) >= 11 is 0. The summed E-state index contributed by atoms with van der Waals surface area (Å²) in [6.45, 7) is 5.37. The highest BCUT2D eigenvalue weighted by Gasteiger charge is 2.09. The topological polar surface area (TPSA) is 60.2 Å². The molecule has 0 aliphatic heterocycles. The molecule has 4 aromatic rings. The van der Waals surface area contributed by atoms with Crippen molar-refractivity contribution in [3.05, 3.63) is 100 Å². The second kappa shape index (κ2) is 10.9. The number of hydrogen-bond acceptors (Lipinski definition) is 5. The van der Waals surface area contributed by atoms with Gasteiger partial charge in [0, 0.05) is 62.9 Å². The lowest BCUT2D eigenvalue weighted by molar-refractivity contribution is 0.230. The van der Waals surface area contributed by atoms with Crippen LogP contribution in [0.15, 0.2) is 78.1 Å². The minimum absolute atomic E-state index is 0.00856. The van der Waals surface area contributed by atoms with Crippen LogP contribution < -0.4 is 10.3 Å². The van der Waals surface area contributed by atoms with Gasteiger partial charge in [-0.15, -0.1) is 0 Å². The molecule has 0 N–H and O–H groups in total. The van der Waals surface area contributed by atoms with Crippen LogP contribution in [0.2, 0.25) is 0 Å². The fraction of sp³-hybridized carbons (Fsp3) is 0.296. The molecule has 0 aliphatic rings. The lowest BCUT2D eigenvalue weighted by Crippen LogP contribution is -2.28. The summed E-state index contributed by atoms with van der Waals surface area (Å²) in [6.07, 6.45) is 9.31. The van der Waals surface area contributed by atoms with E-state index in [9.17, 15) is 4.79 Å². The maximum Gasteiger partial charge on any atom is 0.251 e. The molecule has 170 valence electrons. The maximum absolute atomic E-state index is 12.0. The Morgan fingerprint density at radius 2 is 1.82 bits per heavy atom. The van der Waals surface area contributed by atoms with Crippen LogP contribution >= 0.6 is 0 Å². The van der Waals surface area contributed by atoms with Crippen LogP contribution in [0.4, 0.5) is 0 Å². The van der Waals surface area contributed by atoms with Crippen molar-refractivity contribution in [1.29, 1.82) is 0 Å². The molecule has 33 heavy (non-hydrogen) atoms. The first kappa shape index (κ1) is 22.7. The Morgan fingerprint density at radius 3 is 2.61 bits per heavy atom. The van der Waals surface area contributed by atoms with Crippen LogP contribution in [0, 0.1) is 6.92 Å². The predicted octanol–water partition coefficient (Wildman–Crippen LogP) is 4.15. The molecular weight excluding hydrogens is 412 g/mol. The van der Waals surface area contributed by atoms with Crippen molar-refractivity contribution in [3.63, 3.8) is 0 Å². The van der Waals surface area contributed by atoms with E-state index in [1.165, 1.54) is 11.1 Å². The predicted molar refractivity (Wildman–Crippen MR) is 131 cm³/mol. The zero-order valence-corrected chi connectivity index (χ0v) is 19.3. The number of aromatic nitrogens is 3. The van der Waals surface area contributed by atoms with Gasteiger partial charge in [0.2, 0.25) is 0 Å². The van der Waals surface area contributed by atoms with Crippen molar-refractivity contribution < 1.29 is 4.74 Å². The number of rotatable bonds is 10. The van der Waals surface area contributed by atoms with E-state index in [4.69, 9.17) is 4.74 Å². The average Bonchev–Trinajstić information content (AvgIpc) is 2.85. The monoisotopic (exact) mass is 442 g/mol. The van der Waals surface area contributed by atoms with Crippen LogP contribution in [0.5, 0.6) is 5.75 Å². The van der Waals surface area contributed by atoms with E-state index in [0.717, 1.165) is 54.7 Å². The van der Waals surface area contributed by atoms with E-state index in [-0.39, 0.29) is 5.56 Å². The molecule has 0 aliphatic carbocycles. The fourth-order valence-electron chi connectivity index (χ4n) is 4.02. The first-order valence-electron chi connectivity index (χ1n) is 11.3. The number of nitrogens with zero attached hydrogens (tertiary/aromatic N) is 4. The highest BCUT2D eigenvalue weighted by atomic mass is 16.5. The van der Waals surface area contributed by atoms with Gasteiger partial charge in [-0.1, -0.05) is 6.07 Å². The molecule has 6 nitrogen and oxygen atoms in total. The summed E-state index contributed by atoms with van der Waals surface area (Å²) in [4.78, 5) is 22.8. The third-order valence-electron chi connectivity index (χ3n) is 5.91. The standard InChI is InChI=1S/C27H30N4O2/c1-21-17-27(32)30(2)26-7-6-24(18-25(21)26)33-16-4-14-31(20-23-8-12-28-13-9-23)15-10-22-5-3-11-29-19-22/h3,5-9,11-13,17-19H,4,10,14-16,20H2,1-2H3. The maximum atomic E-state index is 12.0. The molecule has 0 bridgehead atoms. The lowest BCUT2D eigenvalue weighted by atomic mass is 10.1. The van der Waals surface area contributed by atoms with E-state index < -0.39 is 0 Å². The van der Waals surface area contributed by atoms with Crippen molar-refractivity contribution in [3.8, 4) is 5.75 Å². The Labute approximate surface area is 194 Å². The Balaban J connectivity index is 1.35. The number of pyridine rings is 3. The highest BCUT2D eigenvalue weighted by molar-refractivity contribution is 5.83. The molecule has 6 heteroatoms. The molecule has 4 rings (SSSR count). The second-order valence-corrected chi connectivity index (χ2v) is 8.35. The van der Waals surface area contributed by atoms with Crippen molar-refractivity contribution in [1.82, 2.24) is 19.4 Å². The third kappa shape index (κ3) is 6.05. The summed E-state index contributed by atoms with van der Waals surface area (Å²) in [7, 11) is 1.80. The van der Waals surface area contributed by atoms with Crippen molar-refractivity contribution in [2.75, 3.05) is 19.7 Å². The van der Waals surface area contributed by atoms with Gasteiger partial charge in [0.25, 0.3) is 5.56 Å². The van der Waals surface area contributed by atoms with Crippen LogP contribution in [-0.2, 0) is 20.0 Å². The largest absolute Gasteiger partial charge is 0.494 e. The van der Waals surface area contributed by atoms with Crippen molar-refractivity contribution >= 4 is 10.9 Å². The second-order valence-electron chi connectivity index (χ2n) is 8.35. The Hall–Kier alpha value is -3.51. The van der Waals surface area contributed by atoms with Gasteiger partial charge in [-0.05, 0) is 72.9 Å². The van der Waals surface area contributed by atoms with E-state index >= 15 is 0 Å². The zero-order chi connectivity index (χ0) is 23.0. The Kier molecular flexibility index (Phi) is 7.47. The van der Waals surface area contributed by atoms with Crippen LogP contribution in [-0.4, -0.2) is 39.1 Å². The van der Waals surface area contributed by atoms with Gasteiger partial charge in [0.05, 0.1) is 12.1 Å². The molecule has 3 heterocycles. The molecule has 0 spiro atoms. The van der Waals surface area contributed by atoms with Gasteiger partial charge < -0.3 is 9.30 Å². The summed E-state index contributed by atoms with van der Waals surface area (Å²) in [6, 6.07) is 15.8. The molecule has 0 saturated heterocycles. The molecule has 0 amide bonds. The van der Waals surface area contributed by atoms with Crippen LogP contribution in [0.3, 0.4) is 0 Å². The SMILES string of the molecule is Cc1cc(=O)n(C)c2ccc(OCCCN(CCc3cccnc3)Cc3ccncc3)cc12. The molecule has 0 saturated carbocycles. The normalized spacial score (nSPS) is 11.2. The Morgan fingerprint density at radius 1 is 0.970 bits per heavy atom. The fourth-order valence-corrected chi connectivity index (χ4v) is 4.02. The van der Waals surface area contributed by atoms with E-state index in [0.29, 0.717) is 6.61 Å². The van der Waals surface area contributed by atoms with Gasteiger partial charge >= 0.3 is 0 Å². The molecule has 0 atom stereocenters. The smallest absolute Gasteiger partial charge is 0.251 e. The highest BCUT2D eigenvalue weighted by Crippen LogP contribution is 2.22. The van der Waals surface area contributed by atoms with Gasteiger partial charge in [0.15, 0.2) is 0 Å². The first-order valence-corrected chi connectivity index (χ1v) is 11.3. The van der Waals surface area contributed by atoms with E-state index in [2.05, 4.69) is 33.1 Å². The van der Waals surface area contributed by atoms with Gasteiger partial charge in [-0.25, -0.2) is 0 Å².